The molecule has 114 valence electrons. The predicted molar refractivity (Wildman–Crippen MR) is 83.5 cm³/mol. The van der Waals surface area contributed by atoms with Crippen molar-refractivity contribution in [1.82, 2.24) is 4.90 Å². The third-order valence-corrected chi connectivity index (χ3v) is 4.95. The number of aliphatic carboxylic acids is 1. The minimum Gasteiger partial charge on any atom is -0.481 e. The normalized spacial score (nSPS) is 22.1. The molecular formula is C16H21NO3S. The van der Waals surface area contributed by atoms with Crippen molar-refractivity contribution in [1.29, 1.82) is 0 Å². The highest BCUT2D eigenvalue weighted by atomic mass is 32.2. The summed E-state index contributed by atoms with van der Waals surface area (Å²) in [4.78, 5) is 26.3. The highest BCUT2D eigenvalue weighted by Crippen LogP contribution is 2.30. The molecule has 1 amide bonds. The second-order valence-corrected chi connectivity index (χ2v) is 6.94. The molecule has 1 aliphatic heterocycles. The van der Waals surface area contributed by atoms with Gasteiger partial charge in [-0.2, -0.15) is 0 Å². The topological polar surface area (TPSA) is 57.6 Å². The molecule has 21 heavy (non-hydrogen) atoms. The van der Waals surface area contributed by atoms with E-state index < -0.39 is 11.4 Å². The maximum absolute atomic E-state index is 12.3. The Morgan fingerprint density at radius 3 is 2.62 bits per heavy atom. The molecular weight excluding hydrogens is 286 g/mol. The summed E-state index contributed by atoms with van der Waals surface area (Å²) in [5.41, 5.74) is 0.390. The van der Waals surface area contributed by atoms with Gasteiger partial charge in [0.15, 0.2) is 0 Å². The first-order chi connectivity index (χ1) is 9.90. The monoisotopic (exact) mass is 307 g/mol. The van der Waals surface area contributed by atoms with Crippen LogP contribution in [0.1, 0.15) is 25.3 Å². The molecule has 1 heterocycles. The molecule has 1 aromatic carbocycles. The predicted octanol–water partition coefficient (Wildman–Crippen LogP) is 2.80. The van der Waals surface area contributed by atoms with Crippen molar-refractivity contribution in [2.75, 3.05) is 18.8 Å². The molecule has 1 unspecified atom stereocenters. The number of nitrogens with zero attached hydrogens (tertiary/aromatic N) is 1. The standard InChI is InChI=1S/C16H21NO3S/c1-12-4-6-13(7-5-12)21-10-14(18)17-9-3-8-16(2,11-17)15(19)20/h4-7H,3,8-11H2,1-2H3,(H,19,20). The molecule has 1 saturated heterocycles. The molecule has 1 N–H and O–H groups in total. The second-order valence-electron chi connectivity index (χ2n) is 5.89. The number of carboxylic acid groups (broad SMARTS) is 1. The Hall–Kier alpha value is -1.49. The van der Waals surface area contributed by atoms with E-state index >= 15 is 0 Å². The SMILES string of the molecule is Cc1ccc(SCC(=O)N2CCCC(C)(C(=O)O)C2)cc1. The summed E-state index contributed by atoms with van der Waals surface area (Å²) in [6.07, 6.45) is 1.39. The summed E-state index contributed by atoms with van der Waals surface area (Å²) in [5.74, 6) is -0.433. The van der Waals surface area contributed by atoms with Gasteiger partial charge in [0.05, 0.1) is 11.2 Å². The van der Waals surface area contributed by atoms with Crippen LogP contribution in [0.4, 0.5) is 0 Å². The zero-order chi connectivity index (χ0) is 15.5. The molecule has 0 radical (unpaired) electrons. The molecule has 0 bridgehead atoms. The molecule has 2 rings (SSSR count). The first kappa shape index (κ1) is 15.9. The van der Waals surface area contributed by atoms with Crippen LogP contribution in [0.15, 0.2) is 29.2 Å². The average molecular weight is 307 g/mol. The van der Waals surface area contributed by atoms with Crippen LogP contribution >= 0.6 is 11.8 Å². The lowest BCUT2D eigenvalue weighted by atomic mass is 9.82. The van der Waals surface area contributed by atoms with Crippen LogP contribution in [0.3, 0.4) is 0 Å². The van der Waals surface area contributed by atoms with Crippen molar-refractivity contribution >= 4 is 23.6 Å². The number of likely N-dealkylation sites (tertiary alicyclic amines) is 1. The van der Waals surface area contributed by atoms with Gasteiger partial charge in [0.1, 0.15) is 0 Å². The fraction of sp³-hybridized carbons (Fsp3) is 0.500. The highest BCUT2D eigenvalue weighted by Gasteiger charge is 2.39. The van der Waals surface area contributed by atoms with Gasteiger partial charge >= 0.3 is 5.97 Å². The van der Waals surface area contributed by atoms with Crippen molar-refractivity contribution in [2.24, 2.45) is 5.41 Å². The van der Waals surface area contributed by atoms with Gasteiger partial charge in [-0.3, -0.25) is 9.59 Å². The average Bonchev–Trinajstić information content (AvgIpc) is 2.46. The number of hydrogen-bond donors (Lipinski definition) is 1. The van der Waals surface area contributed by atoms with Crippen molar-refractivity contribution in [2.45, 2.75) is 31.6 Å². The van der Waals surface area contributed by atoms with E-state index in [9.17, 15) is 14.7 Å². The number of carboxylic acids is 1. The van der Waals surface area contributed by atoms with Gasteiger partial charge in [-0.15, -0.1) is 11.8 Å². The molecule has 0 aliphatic carbocycles. The van der Waals surface area contributed by atoms with E-state index in [1.807, 2.05) is 31.2 Å². The minimum absolute atomic E-state index is 0.0211. The number of benzene rings is 1. The maximum Gasteiger partial charge on any atom is 0.311 e. The minimum atomic E-state index is -0.814. The van der Waals surface area contributed by atoms with Gasteiger partial charge in [-0.25, -0.2) is 0 Å². The summed E-state index contributed by atoms with van der Waals surface area (Å²) >= 11 is 1.50. The molecule has 5 heteroatoms. The lowest BCUT2D eigenvalue weighted by molar-refractivity contribution is -0.153. The molecule has 0 saturated carbocycles. The Balaban J connectivity index is 1.91. The van der Waals surface area contributed by atoms with Crippen molar-refractivity contribution in [3.8, 4) is 0 Å². The maximum atomic E-state index is 12.3. The summed E-state index contributed by atoms with van der Waals surface area (Å²) in [6.45, 7) is 4.73. The molecule has 1 aliphatic rings. The summed E-state index contributed by atoms with van der Waals surface area (Å²) in [7, 11) is 0. The quantitative estimate of drug-likeness (QED) is 0.869. The number of piperidine rings is 1. The Bertz CT molecular complexity index is 529. The van der Waals surface area contributed by atoms with Crippen LogP contribution in [0.2, 0.25) is 0 Å². The lowest BCUT2D eigenvalue weighted by Crippen LogP contribution is -2.48. The van der Waals surface area contributed by atoms with Crippen molar-refractivity contribution < 1.29 is 14.7 Å². The number of thioether (sulfide) groups is 1. The van der Waals surface area contributed by atoms with Gasteiger partial charge in [-0.1, -0.05) is 17.7 Å². The van der Waals surface area contributed by atoms with Crippen LogP contribution in [0, 0.1) is 12.3 Å². The van der Waals surface area contributed by atoms with Gasteiger partial charge in [0.25, 0.3) is 0 Å². The fourth-order valence-electron chi connectivity index (χ4n) is 2.50. The number of rotatable bonds is 4. The summed E-state index contributed by atoms with van der Waals surface area (Å²) in [6, 6.07) is 8.06. The molecule has 1 fully saturated rings. The fourth-order valence-corrected chi connectivity index (χ4v) is 3.30. The van der Waals surface area contributed by atoms with Gasteiger partial charge < -0.3 is 10.0 Å². The van der Waals surface area contributed by atoms with Crippen molar-refractivity contribution in [3.63, 3.8) is 0 Å². The van der Waals surface area contributed by atoms with E-state index in [0.717, 1.165) is 11.3 Å². The lowest BCUT2D eigenvalue weighted by Gasteiger charge is -2.37. The third kappa shape index (κ3) is 4.00. The highest BCUT2D eigenvalue weighted by molar-refractivity contribution is 8.00. The van der Waals surface area contributed by atoms with Gasteiger partial charge in [0.2, 0.25) is 5.91 Å². The Kier molecular flexibility index (Phi) is 4.93. The zero-order valence-corrected chi connectivity index (χ0v) is 13.3. The molecule has 4 nitrogen and oxygen atoms in total. The van der Waals surface area contributed by atoms with Crippen molar-refractivity contribution in [3.05, 3.63) is 29.8 Å². The van der Waals surface area contributed by atoms with E-state index in [1.54, 1.807) is 11.8 Å². The second kappa shape index (κ2) is 6.52. The smallest absolute Gasteiger partial charge is 0.311 e. The van der Waals surface area contributed by atoms with E-state index in [1.165, 1.54) is 17.3 Å². The molecule has 1 aromatic rings. The van der Waals surface area contributed by atoms with Gasteiger partial charge in [-0.05, 0) is 38.8 Å². The first-order valence-electron chi connectivity index (χ1n) is 7.11. The van der Waals surface area contributed by atoms with Crippen LogP contribution in [0.5, 0.6) is 0 Å². The molecule has 0 spiro atoms. The first-order valence-corrected chi connectivity index (χ1v) is 8.10. The van der Waals surface area contributed by atoms with Crippen LogP contribution in [-0.4, -0.2) is 40.7 Å². The Morgan fingerprint density at radius 2 is 2.00 bits per heavy atom. The summed E-state index contributed by atoms with van der Waals surface area (Å²) in [5, 5.41) is 9.29. The number of hydrogen-bond acceptors (Lipinski definition) is 3. The number of carbonyl (C=O) groups excluding carboxylic acids is 1. The van der Waals surface area contributed by atoms with Crippen LogP contribution in [0.25, 0.3) is 0 Å². The van der Waals surface area contributed by atoms with Crippen LogP contribution in [-0.2, 0) is 9.59 Å². The number of amides is 1. The zero-order valence-electron chi connectivity index (χ0n) is 12.5. The largest absolute Gasteiger partial charge is 0.481 e. The molecule has 0 aromatic heterocycles. The van der Waals surface area contributed by atoms with Crippen LogP contribution < -0.4 is 0 Å². The Morgan fingerprint density at radius 1 is 1.33 bits per heavy atom. The van der Waals surface area contributed by atoms with E-state index in [4.69, 9.17) is 0 Å². The van der Waals surface area contributed by atoms with E-state index in [2.05, 4.69) is 0 Å². The van der Waals surface area contributed by atoms with E-state index in [-0.39, 0.29) is 5.91 Å². The number of aryl methyl sites for hydroxylation is 1. The third-order valence-electron chi connectivity index (χ3n) is 3.95. The van der Waals surface area contributed by atoms with E-state index in [0.29, 0.717) is 25.3 Å². The molecule has 1 atom stereocenters. The van der Waals surface area contributed by atoms with Gasteiger partial charge in [0, 0.05) is 18.0 Å². The Labute approximate surface area is 129 Å². The summed E-state index contributed by atoms with van der Waals surface area (Å²) < 4.78 is 0. The number of carbonyl (C=O) groups is 2.